The Kier molecular flexibility index (Phi) is 5.17. The van der Waals surface area contributed by atoms with Crippen molar-refractivity contribution >= 4 is 0 Å². The SMILES string of the molecule is C=C(C)C(O)C(N)C(O)C(C)CO. The van der Waals surface area contributed by atoms with Gasteiger partial charge in [-0.3, -0.25) is 0 Å². The van der Waals surface area contributed by atoms with E-state index in [1.165, 1.54) is 0 Å². The molecule has 0 heterocycles. The first-order valence-electron chi connectivity index (χ1n) is 4.29. The van der Waals surface area contributed by atoms with Crippen molar-refractivity contribution in [2.45, 2.75) is 32.1 Å². The van der Waals surface area contributed by atoms with Crippen molar-refractivity contribution in [3.8, 4) is 0 Å². The fourth-order valence-electron chi connectivity index (χ4n) is 1.00. The third kappa shape index (κ3) is 3.44. The van der Waals surface area contributed by atoms with Crippen LogP contribution in [-0.2, 0) is 0 Å². The molecule has 4 heteroatoms. The molecule has 0 aliphatic carbocycles. The van der Waals surface area contributed by atoms with E-state index in [1.54, 1.807) is 13.8 Å². The zero-order valence-electron chi connectivity index (χ0n) is 8.14. The Morgan fingerprint density at radius 3 is 2.23 bits per heavy atom. The minimum absolute atomic E-state index is 0.155. The molecule has 0 aromatic rings. The van der Waals surface area contributed by atoms with Crippen LogP contribution in [0.15, 0.2) is 12.2 Å². The van der Waals surface area contributed by atoms with Crippen molar-refractivity contribution in [1.82, 2.24) is 0 Å². The highest BCUT2D eigenvalue weighted by Gasteiger charge is 2.27. The van der Waals surface area contributed by atoms with Crippen LogP contribution < -0.4 is 5.73 Å². The predicted octanol–water partition coefficient (Wildman–Crippen LogP) is -0.760. The van der Waals surface area contributed by atoms with Crippen molar-refractivity contribution in [1.29, 1.82) is 0 Å². The monoisotopic (exact) mass is 189 g/mol. The van der Waals surface area contributed by atoms with Crippen LogP contribution in [0.2, 0.25) is 0 Å². The molecule has 4 unspecified atom stereocenters. The normalized spacial score (nSPS) is 20.5. The number of aliphatic hydroxyl groups excluding tert-OH is 3. The van der Waals surface area contributed by atoms with E-state index in [0.29, 0.717) is 5.57 Å². The highest BCUT2D eigenvalue weighted by atomic mass is 16.3. The van der Waals surface area contributed by atoms with Crippen molar-refractivity contribution in [3.05, 3.63) is 12.2 Å². The van der Waals surface area contributed by atoms with Crippen molar-refractivity contribution in [2.24, 2.45) is 11.7 Å². The van der Waals surface area contributed by atoms with Crippen LogP contribution in [0.5, 0.6) is 0 Å². The summed E-state index contributed by atoms with van der Waals surface area (Å²) in [4.78, 5) is 0. The molecular formula is C9H19NO3. The van der Waals surface area contributed by atoms with Gasteiger partial charge in [0.2, 0.25) is 0 Å². The van der Waals surface area contributed by atoms with E-state index in [2.05, 4.69) is 6.58 Å². The van der Waals surface area contributed by atoms with Crippen LogP contribution >= 0.6 is 0 Å². The fourth-order valence-corrected chi connectivity index (χ4v) is 1.00. The van der Waals surface area contributed by atoms with Gasteiger partial charge in [0.1, 0.15) is 0 Å². The molecule has 0 radical (unpaired) electrons. The van der Waals surface area contributed by atoms with Gasteiger partial charge in [0.15, 0.2) is 0 Å². The molecule has 0 bridgehead atoms. The van der Waals surface area contributed by atoms with E-state index >= 15 is 0 Å². The maximum Gasteiger partial charge on any atom is 0.0921 e. The smallest absolute Gasteiger partial charge is 0.0921 e. The van der Waals surface area contributed by atoms with Gasteiger partial charge in [0.25, 0.3) is 0 Å². The summed E-state index contributed by atoms with van der Waals surface area (Å²) in [7, 11) is 0. The highest BCUT2D eigenvalue weighted by Crippen LogP contribution is 2.11. The lowest BCUT2D eigenvalue weighted by atomic mass is 9.93. The molecule has 0 amide bonds. The van der Waals surface area contributed by atoms with Gasteiger partial charge in [-0.25, -0.2) is 0 Å². The first kappa shape index (κ1) is 12.6. The Morgan fingerprint density at radius 2 is 1.92 bits per heavy atom. The quantitative estimate of drug-likeness (QED) is 0.428. The highest BCUT2D eigenvalue weighted by molar-refractivity contribution is 5.03. The molecule has 0 spiro atoms. The Morgan fingerprint density at radius 1 is 1.46 bits per heavy atom. The van der Waals surface area contributed by atoms with Crippen LogP contribution in [-0.4, -0.2) is 40.2 Å². The first-order chi connectivity index (χ1) is 5.91. The Labute approximate surface area is 78.7 Å². The van der Waals surface area contributed by atoms with Crippen LogP contribution in [0.1, 0.15) is 13.8 Å². The van der Waals surface area contributed by atoms with Gasteiger partial charge in [0.05, 0.1) is 18.2 Å². The average molecular weight is 189 g/mol. The van der Waals surface area contributed by atoms with E-state index in [4.69, 9.17) is 10.8 Å². The van der Waals surface area contributed by atoms with E-state index in [0.717, 1.165) is 0 Å². The van der Waals surface area contributed by atoms with E-state index in [9.17, 15) is 10.2 Å². The molecule has 0 aliphatic heterocycles. The van der Waals surface area contributed by atoms with E-state index < -0.39 is 18.2 Å². The van der Waals surface area contributed by atoms with E-state index in [1.807, 2.05) is 0 Å². The molecule has 0 aliphatic rings. The molecule has 4 atom stereocenters. The van der Waals surface area contributed by atoms with Gasteiger partial charge in [-0.05, 0) is 6.92 Å². The zero-order valence-corrected chi connectivity index (χ0v) is 8.14. The Hall–Kier alpha value is -0.420. The summed E-state index contributed by atoms with van der Waals surface area (Å²) in [5.74, 6) is -0.344. The topological polar surface area (TPSA) is 86.7 Å². The number of rotatable bonds is 5. The number of hydrogen-bond donors (Lipinski definition) is 4. The maximum absolute atomic E-state index is 9.52. The van der Waals surface area contributed by atoms with Crippen molar-refractivity contribution in [3.63, 3.8) is 0 Å². The summed E-state index contributed by atoms with van der Waals surface area (Å²) >= 11 is 0. The molecule has 0 saturated heterocycles. The first-order valence-corrected chi connectivity index (χ1v) is 4.29. The molecule has 13 heavy (non-hydrogen) atoms. The summed E-state index contributed by atoms with van der Waals surface area (Å²) in [6.07, 6.45) is -1.85. The third-order valence-electron chi connectivity index (χ3n) is 2.13. The molecule has 4 nitrogen and oxygen atoms in total. The number of nitrogens with two attached hydrogens (primary N) is 1. The standard InChI is InChI=1S/C9H19NO3/c1-5(2)8(12)7(10)9(13)6(3)4-11/h6-9,11-13H,1,4,10H2,2-3H3. The lowest BCUT2D eigenvalue weighted by Gasteiger charge is -2.27. The van der Waals surface area contributed by atoms with Crippen LogP contribution in [0.4, 0.5) is 0 Å². The summed E-state index contributed by atoms with van der Waals surface area (Å²) < 4.78 is 0. The second kappa shape index (κ2) is 5.34. The molecular weight excluding hydrogens is 170 g/mol. The Balaban J connectivity index is 4.24. The number of aliphatic hydroxyl groups is 3. The summed E-state index contributed by atoms with van der Waals surface area (Å²) in [5, 5.41) is 27.7. The maximum atomic E-state index is 9.52. The lowest BCUT2D eigenvalue weighted by Crippen LogP contribution is -2.48. The van der Waals surface area contributed by atoms with Crippen LogP contribution in [0.25, 0.3) is 0 Å². The molecule has 0 aromatic carbocycles. The molecule has 0 rings (SSSR count). The number of hydrogen-bond acceptors (Lipinski definition) is 4. The van der Waals surface area contributed by atoms with Gasteiger partial charge in [-0.2, -0.15) is 0 Å². The summed E-state index contributed by atoms with van der Waals surface area (Å²) in [6.45, 7) is 6.69. The van der Waals surface area contributed by atoms with Gasteiger partial charge in [-0.15, -0.1) is 0 Å². The zero-order chi connectivity index (χ0) is 10.6. The molecule has 78 valence electrons. The molecule has 0 saturated carbocycles. The van der Waals surface area contributed by atoms with Gasteiger partial charge in [0, 0.05) is 12.5 Å². The molecule has 0 fully saturated rings. The summed E-state index contributed by atoms with van der Waals surface area (Å²) in [6, 6.07) is -0.792. The van der Waals surface area contributed by atoms with Crippen molar-refractivity contribution < 1.29 is 15.3 Å². The minimum atomic E-state index is -0.927. The van der Waals surface area contributed by atoms with Gasteiger partial charge in [-0.1, -0.05) is 19.1 Å². The summed E-state index contributed by atoms with van der Waals surface area (Å²) in [5.41, 5.74) is 6.08. The third-order valence-corrected chi connectivity index (χ3v) is 2.13. The van der Waals surface area contributed by atoms with Crippen molar-refractivity contribution in [2.75, 3.05) is 6.61 Å². The van der Waals surface area contributed by atoms with Gasteiger partial charge >= 0.3 is 0 Å². The molecule has 5 N–H and O–H groups in total. The second-order valence-electron chi connectivity index (χ2n) is 3.52. The average Bonchev–Trinajstić information content (AvgIpc) is 2.12. The fraction of sp³-hybridized carbons (Fsp3) is 0.778. The second-order valence-corrected chi connectivity index (χ2v) is 3.52. The Bertz CT molecular complexity index is 172. The van der Waals surface area contributed by atoms with Crippen LogP contribution in [0.3, 0.4) is 0 Å². The van der Waals surface area contributed by atoms with E-state index in [-0.39, 0.29) is 12.5 Å². The molecule has 0 aromatic heterocycles. The minimum Gasteiger partial charge on any atom is -0.396 e. The van der Waals surface area contributed by atoms with Crippen LogP contribution in [0, 0.1) is 5.92 Å². The largest absolute Gasteiger partial charge is 0.396 e. The lowest BCUT2D eigenvalue weighted by molar-refractivity contribution is 0.0201. The van der Waals surface area contributed by atoms with Gasteiger partial charge < -0.3 is 21.1 Å². The predicted molar refractivity (Wildman–Crippen MR) is 51.1 cm³/mol.